The van der Waals surface area contributed by atoms with E-state index in [1.807, 2.05) is 0 Å². The minimum Gasteiger partial charge on any atom is -0.316 e. The lowest BCUT2D eigenvalue weighted by atomic mass is 9.81. The van der Waals surface area contributed by atoms with Gasteiger partial charge in [0.2, 0.25) is 0 Å². The van der Waals surface area contributed by atoms with E-state index in [2.05, 4.69) is 36.5 Å². The van der Waals surface area contributed by atoms with Crippen molar-refractivity contribution in [1.82, 2.24) is 10.2 Å². The van der Waals surface area contributed by atoms with E-state index in [0.29, 0.717) is 5.54 Å². The molecule has 4 atom stereocenters. The fraction of sp³-hybridized carbons (Fsp3) is 0.818. The summed E-state index contributed by atoms with van der Waals surface area (Å²) in [5.41, 5.74) is 0.402. The largest absolute Gasteiger partial charge is 0.316 e. The van der Waals surface area contributed by atoms with E-state index in [1.54, 1.807) is 0 Å². The third-order valence-corrected chi connectivity index (χ3v) is 4.48. The van der Waals surface area contributed by atoms with E-state index in [0.717, 1.165) is 17.8 Å². The maximum absolute atomic E-state index is 3.54. The number of rotatable bonds is 1. The zero-order chi connectivity index (χ0) is 9.05. The van der Waals surface area contributed by atoms with Gasteiger partial charge in [0.25, 0.3) is 0 Å². The van der Waals surface area contributed by atoms with Crippen molar-refractivity contribution in [2.75, 3.05) is 27.2 Å². The van der Waals surface area contributed by atoms with Gasteiger partial charge in [-0.05, 0) is 44.8 Å². The maximum Gasteiger partial charge on any atom is 0.0434 e. The smallest absolute Gasteiger partial charge is 0.0434 e. The highest BCUT2D eigenvalue weighted by atomic mass is 15.2. The Morgan fingerprint density at radius 3 is 3.00 bits per heavy atom. The average molecular weight is 178 g/mol. The van der Waals surface area contributed by atoms with E-state index >= 15 is 0 Å². The lowest BCUT2D eigenvalue weighted by molar-refractivity contribution is 0.155. The molecule has 0 radical (unpaired) electrons. The minimum atomic E-state index is 0.402. The summed E-state index contributed by atoms with van der Waals surface area (Å²) in [5, 5.41) is 3.54. The standard InChI is InChI=1S/C11H18N2/c1-13(2)11-4-3-8(5-11)9-6-12-7-10(9)11/h3-4,8-10,12H,5-7H2,1-2H3. The number of nitrogens with one attached hydrogen (secondary N) is 1. The van der Waals surface area contributed by atoms with Crippen molar-refractivity contribution in [3.05, 3.63) is 12.2 Å². The molecule has 0 aromatic heterocycles. The summed E-state index contributed by atoms with van der Waals surface area (Å²) in [4.78, 5) is 2.43. The summed E-state index contributed by atoms with van der Waals surface area (Å²) in [5.74, 6) is 2.66. The van der Waals surface area contributed by atoms with Gasteiger partial charge in [0.15, 0.2) is 0 Å². The van der Waals surface area contributed by atoms with E-state index in [1.165, 1.54) is 19.5 Å². The van der Waals surface area contributed by atoms with Gasteiger partial charge in [-0.25, -0.2) is 0 Å². The zero-order valence-electron chi connectivity index (χ0n) is 8.46. The molecule has 0 aromatic carbocycles. The van der Waals surface area contributed by atoms with Crippen LogP contribution in [0.4, 0.5) is 0 Å². The first kappa shape index (κ1) is 8.01. The van der Waals surface area contributed by atoms with E-state index < -0.39 is 0 Å². The monoisotopic (exact) mass is 178 g/mol. The second-order valence-electron chi connectivity index (χ2n) is 5.04. The van der Waals surface area contributed by atoms with Gasteiger partial charge in [-0.2, -0.15) is 0 Å². The Kier molecular flexibility index (Phi) is 1.46. The molecule has 1 aliphatic heterocycles. The van der Waals surface area contributed by atoms with Crippen molar-refractivity contribution in [2.24, 2.45) is 17.8 Å². The molecule has 2 nitrogen and oxygen atoms in total. The Bertz CT molecular complexity index is 259. The van der Waals surface area contributed by atoms with Crippen LogP contribution in [-0.4, -0.2) is 37.6 Å². The zero-order valence-corrected chi connectivity index (χ0v) is 8.46. The summed E-state index contributed by atoms with van der Waals surface area (Å²) in [7, 11) is 4.46. The van der Waals surface area contributed by atoms with Gasteiger partial charge >= 0.3 is 0 Å². The predicted octanol–water partition coefficient (Wildman–Crippen LogP) is 0.712. The Labute approximate surface area is 80.0 Å². The quantitative estimate of drug-likeness (QED) is 0.595. The van der Waals surface area contributed by atoms with Gasteiger partial charge in [0.1, 0.15) is 0 Å². The molecule has 4 unspecified atom stereocenters. The van der Waals surface area contributed by atoms with Crippen molar-refractivity contribution < 1.29 is 0 Å². The summed E-state index contributed by atoms with van der Waals surface area (Å²) >= 11 is 0. The van der Waals surface area contributed by atoms with Gasteiger partial charge in [-0.1, -0.05) is 12.2 Å². The van der Waals surface area contributed by atoms with Crippen molar-refractivity contribution in [2.45, 2.75) is 12.0 Å². The third-order valence-electron chi connectivity index (χ3n) is 4.48. The lowest BCUT2D eigenvalue weighted by Gasteiger charge is -2.38. The van der Waals surface area contributed by atoms with Crippen LogP contribution < -0.4 is 5.32 Å². The molecule has 2 heteroatoms. The molecule has 2 fully saturated rings. The molecule has 3 rings (SSSR count). The van der Waals surface area contributed by atoms with E-state index in [9.17, 15) is 0 Å². The van der Waals surface area contributed by atoms with Gasteiger partial charge < -0.3 is 5.32 Å². The highest BCUT2D eigenvalue weighted by molar-refractivity contribution is 5.28. The molecule has 0 spiro atoms. The predicted molar refractivity (Wildman–Crippen MR) is 53.5 cm³/mol. The fourth-order valence-electron chi connectivity index (χ4n) is 3.73. The third kappa shape index (κ3) is 0.810. The Balaban J connectivity index is 2.01. The number of fused-ring (bicyclic) bond motifs is 5. The maximum atomic E-state index is 3.54. The van der Waals surface area contributed by atoms with Gasteiger partial charge in [-0.3, -0.25) is 4.90 Å². The van der Waals surface area contributed by atoms with Crippen LogP contribution >= 0.6 is 0 Å². The van der Waals surface area contributed by atoms with Crippen molar-refractivity contribution >= 4 is 0 Å². The van der Waals surface area contributed by atoms with Gasteiger partial charge in [0.05, 0.1) is 0 Å². The van der Waals surface area contributed by atoms with E-state index in [-0.39, 0.29) is 0 Å². The SMILES string of the molecule is CN(C)C12C=CC(C1)C1CNCC12. The highest BCUT2D eigenvalue weighted by Crippen LogP contribution is 2.54. The van der Waals surface area contributed by atoms with Crippen LogP contribution in [-0.2, 0) is 0 Å². The van der Waals surface area contributed by atoms with Crippen LogP contribution in [0.15, 0.2) is 12.2 Å². The average Bonchev–Trinajstić information content (AvgIpc) is 2.76. The summed E-state index contributed by atoms with van der Waals surface area (Å²) in [6, 6.07) is 0. The molecule has 0 aromatic rings. The van der Waals surface area contributed by atoms with Crippen molar-refractivity contribution in [3.63, 3.8) is 0 Å². The molecular weight excluding hydrogens is 160 g/mol. The first-order valence-electron chi connectivity index (χ1n) is 5.31. The number of likely N-dealkylation sites (N-methyl/N-ethyl adjacent to an activating group) is 1. The Hall–Kier alpha value is -0.340. The molecule has 1 heterocycles. The number of allylic oxidation sites excluding steroid dienone is 1. The number of nitrogens with zero attached hydrogens (tertiary/aromatic N) is 1. The van der Waals surface area contributed by atoms with E-state index in [4.69, 9.17) is 0 Å². The highest BCUT2D eigenvalue weighted by Gasteiger charge is 2.57. The number of hydrogen-bond donors (Lipinski definition) is 1. The Morgan fingerprint density at radius 1 is 1.38 bits per heavy atom. The second-order valence-corrected chi connectivity index (χ2v) is 5.04. The molecule has 72 valence electrons. The van der Waals surface area contributed by atoms with Gasteiger partial charge in [-0.15, -0.1) is 0 Å². The molecule has 1 saturated heterocycles. The molecular formula is C11H18N2. The van der Waals surface area contributed by atoms with Crippen LogP contribution in [0.5, 0.6) is 0 Å². The normalized spacial score (nSPS) is 52.1. The molecule has 0 amide bonds. The molecule has 2 bridgehead atoms. The first-order valence-corrected chi connectivity index (χ1v) is 5.31. The second kappa shape index (κ2) is 2.37. The Morgan fingerprint density at radius 2 is 2.23 bits per heavy atom. The molecule has 1 saturated carbocycles. The minimum absolute atomic E-state index is 0.402. The van der Waals surface area contributed by atoms with Crippen LogP contribution in [0.3, 0.4) is 0 Å². The van der Waals surface area contributed by atoms with Crippen LogP contribution in [0, 0.1) is 17.8 Å². The first-order chi connectivity index (χ1) is 6.24. The van der Waals surface area contributed by atoms with Crippen LogP contribution in [0.25, 0.3) is 0 Å². The van der Waals surface area contributed by atoms with Gasteiger partial charge in [0, 0.05) is 12.1 Å². The van der Waals surface area contributed by atoms with Crippen LogP contribution in [0.1, 0.15) is 6.42 Å². The summed E-state index contributed by atoms with van der Waals surface area (Å²) < 4.78 is 0. The fourth-order valence-corrected chi connectivity index (χ4v) is 3.73. The lowest BCUT2D eigenvalue weighted by Crippen LogP contribution is -2.47. The summed E-state index contributed by atoms with van der Waals surface area (Å²) in [6.07, 6.45) is 6.29. The molecule has 1 N–H and O–H groups in total. The molecule has 2 aliphatic carbocycles. The van der Waals surface area contributed by atoms with Crippen molar-refractivity contribution in [1.29, 1.82) is 0 Å². The van der Waals surface area contributed by atoms with Crippen LogP contribution in [0.2, 0.25) is 0 Å². The molecule has 13 heavy (non-hydrogen) atoms. The van der Waals surface area contributed by atoms with Crippen molar-refractivity contribution in [3.8, 4) is 0 Å². The topological polar surface area (TPSA) is 15.3 Å². The summed E-state index contributed by atoms with van der Waals surface area (Å²) in [6.45, 7) is 2.47. The number of hydrogen-bond acceptors (Lipinski definition) is 2. The molecule has 3 aliphatic rings.